The van der Waals surface area contributed by atoms with E-state index in [9.17, 15) is 0 Å². The van der Waals surface area contributed by atoms with Crippen molar-refractivity contribution in [2.45, 2.75) is 44.3 Å². The number of fused-ring (bicyclic) bond motifs is 2. The van der Waals surface area contributed by atoms with Gasteiger partial charge in [0.15, 0.2) is 0 Å². The van der Waals surface area contributed by atoms with Crippen LogP contribution in [0.3, 0.4) is 0 Å². The van der Waals surface area contributed by atoms with E-state index in [0.717, 1.165) is 17.4 Å². The van der Waals surface area contributed by atoms with Crippen LogP contribution in [0.25, 0.3) is 0 Å². The standard InChI is InChI=1S/C11H18Si/c1-4-12(2,3)11-8-9-5-6-10(11)7-9/h1,9-11H,5-8H2,2-3H3. The third kappa shape index (κ3) is 1.13. The van der Waals surface area contributed by atoms with Crippen molar-refractivity contribution in [2.75, 3.05) is 0 Å². The summed E-state index contributed by atoms with van der Waals surface area (Å²) in [7, 11) is -1.27. The molecule has 0 heterocycles. The highest BCUT2D eigenvalue weighted by Crippen LogP contribution is 2.55. The molecule has 0 radical (unpaired) electrons. The predicted molar refractivity (Wildman–Crippen MR) is 55.5 cm³/mol. The Morgan fingerprint density at radius 1 is 1.25 bits per heavy atom. The second-order valence-corrected chi connectivity index (χ2v) is 9.62. The third-order valence-electron chi connectivity index (χ3n) is 4.04. The van der Waals surface area contributed by atoms with E-state index in [4.69, 9.17) is 6.42 Å². The zero-order valence-corrected chi connectivity index (χ0v) is 9.14. The van der Waals surface area contributed by atoms with E-state index in [2.05, 4.69) is 18.6 Å². The molecule has 2 aliphatic carbocycles. The minimum Gasteiger partial charge on any atom is -0.135 e. The summed E-state index contributed by atoms with van der Waals surface area (Å²) in [6, 6.07) is 0. The molecular weight excluding hydrogens is 160 g/mol. The fourth-order valence-electron chi connectivity index (χ4n) is 3.24. The lowest BCUT2D eigenvalue weighted by Crippen LogP contribution is -2.34. The van der Waals surface area contributed by atoms with Crippen LogP contribution in [-0.2, 0) is 0 Å². The molecule has 12 heavy (non-hydrogen) atoms. The van der Waals surface area contributed by atoms with Gasteiger partial charge in [0, 0.05) is 0 Å². The molecule has 2 bridgehead atoms. The van der Waals surface area contributed by atoms with Crippen LogP contribution in [0.4, 0.5) is 0 Å². The van der Waals surface area contributed by atoms with E-state index in [1.54, 1.807) is 0 Å². The number of hydrogen-bond acceptors (Lipinski definition) is 0. The molecule has 0 spiro atoms. The molecule has 2 aliphatic rings. The van der Waals surface area contributed by atoms with Gasteiger partial charge in [0.2, 0.25) is 0 Å². The predicted octanol–water partition coefficient (Wildman–Crippen LogP) is 3.06. The number of rotatable bonds is 1. The van der Waals surface area contributed by atoms with E-state index in [0.29, 0.717) is 0 Å². The summed E-state index contributed by atoms with van der Waals surface area (Å²) >= 11 is 0. The summed E-state index contributed by atoms with van der Waals surface area (Å²) < 4.78 is 0. The van der Waals surface area contributed by atoms with Crippen molar-refractivity contribution in [1.29, 1.82) is 0 Å². The minimum absolute atomic E-state index is 0.959. The SMILES string of the molecule is C#C[Si](C)(C)C1CC2CCC1C2. The Bertz CT molecular complexity index is 224. The monoisotopic (exact) mass is 178 g/mol. The fraction of sp³-hybridized carbons (Fsp3) is 0.818. The van der Waals surface area contributed by atoms with Gasteiger partial charge in [-0.05, 0) is 30.2 Å². The van der Waals surface area contributed by atoms with Gasteiger partial charge in [-0.3, -0.25) is 0 Å². The van der Waals surface area contributed by atoms with Crippen LogP contribution in [0.2, 0.25) is 18.6 Å². The van der Waals surface area contributed by atoms with Gasteiger partial charge in [-0.25, -0.2) is 0 Å². The van der Waals surface area contributed by atoms with Gasteiger partial charge >= 0.3 is 0 Å². The molecule has 0 nitrogen and oxygen atoms in total. The molecule has 2 saturated carbocycles. The van der Waals surface area contributed by atoms with E-state index >= 15 is 0 Å². The second-order valence-electron chi connectivity index (χ2n) is 5.15. The van der Waals surface area contributed by atoms with Crippen molar-refractivity contribution in [2.24, 2.45) is 11.8 Å². The lowest BCUT2D eigenvalue weighted by molar-refractivity contribution is 0.471. The molecule has 66 valence electrons. The molecule has 2 fully saturated rings. The topological polar surface area (TPSA) is 0 Å². The Labute approximate surface area is 76.8 Å². The normalized spacial score (nSPS) is 39.9. The zero-order chi connectivity index (χ0) is 8.77. The van der Waals surface area contributed by atoms with E-state index < -0.39 is 8.07 Å². The van der Waals surface area contributed by atoms with Gasteiger partial charge < -0.3 is 0 Å². The van der Waals surface area contributed by atoms with Gasteiger partial charge in [-0.2, -0.15) is 0 Å². The van der Waals surface area contributed by atoms with E-state index in [-0.39, 0.29) is 0 Å². The molecule has 0 N–H and O–H groups in total. The third-order valence-corrected chi connectivity index (χ3v) is 7.34. The summed E-state index contributed by atoms with van der Waals surface area (Å²) in [5, 5.41) is 0. The Morgan fingerprint density at radius 3 is 2.42 bits per heavy atom. The van der Waals surface area contributed by atoms with Crippen molar-refractivity contribution >= 4 is 8.07 Å². The summed E-state index contributed by atoms with van der Waals surface area (Å²) in [6.45, 7) is 4.75. The van der Waals surface area contributed by atoms with Crippen LogP contribution in [0, 0.1) is 23.8 Å². The zero-order valence-electron chi connectivity index (χ0n) is 8.14. The largest absolute Gasteiger partial charge is 0.135 e. The first kappa shape index (κ1) is 8.38. The summed E-state index contributed by atoms with van der Waals surface area (Å²) in [5.74, 6) is 2.08. The molecule has 3 atom stereocenters. The lowest BCUT2D eigenvalue weighted by atomic mass is 10.0. The first-order valence-electron chi connectivity index (χ1n) is 5.11. The Balaban J connectivity index is 2.13. The van der Waals surface area contributed by atoms with Crippen LogP contribution < -0.4 is 0 Å². The van der Waals surface area contributed by atoms with Gasteiger partial charge in [-0.15, -0.1) is 12.0 Å². The maximum Gasteiger partial charge on any atom is 0.135 e. The molecule has 2 rings (SSSR count). The van der Waals surface area contributed by atoms with Crippen LogP contribution in [0.1, 0.15) is 25.7 Å². The average molecular weight is 178 g/mol. The van der Waals surface area contributed by atoms with Crippen molar-refractivity contribution in [3.8, 4) is 12.0 Å². The molecule has 0 amide bonds. The first-order chi connectivity index (χ1) is 5.63. The van der Waals surface area contributed by atoms with Crippen molar-refractivity contribution in [1.82, 2.24) is 0 Å². The van der Waals surface area contributed by atoms with E-state index in [1.165, 1.54) is 25.7 Å². The minimum atomic E-state index is -1.27. The second kappa shape index (κ2) is 2.63. The number of hydrogen-bond donors (Lipinski definition) is 0. The maximum absolute atomic E-state index is 5.63. The van der Waals surface area contributed by atoms with Crippen LogP contribution in [0.5, 0.6) is 0 Å². The number of terminal acetylenes is 1. The Kier molecular flexibility index (Phi) is 1.84. The van der Waals surface area contributed by atoms with Crippen LogP contribution >= 0.6 is 0 Å². The molecular formula is C11H18Si. The van der Waals surface area contributed by atoms with Gasteiger partial charge in [0.05, 0.1) is 0 Å². The lowest BCUT2D eigenvalue weighted by Gasteiger charge is -2.31. The van der Waals surface area contributed by atoms with Crippen molar-refractivity contribution < 1.29 is 0 Å². The smallest absolute Gasteiger partial charge is 0.135 e. The van der Waals surface area contributed by atoms with Gasteiger partial charge in [0.25, 0.3) is 0 Å². The summed E-state index contributed by atoms with van der Waals surface area (Å²) in [5.41, 5.74) is 4.07. The highest BCUT2D eigenvalue weighted by atomic mass is 28.3. The summed E-state index contributed by atoms with van der Waals surface area (Å²) in [4.78, 5) is 0. The molecule has 0 saturated heterocycles. The van der Waals surface area contributed by atoms with Gasteiger partial charge in [0.1, 0.15) is 8.07 Å². The average Bonchev–Trinajstić information content (AvgIpc) is 2.64. The molecule has 0 aromatic carbocycles. The van der Waals surface area contributed by atoms with Crippen LogP contribution in [0.15, 0.2) is 0 Å². The molecule has 1 heteroatoms. The van der Waals surface area contributed by atoms with Crippen molar-refractivity contribution in [3.05, 3.63) is 0 Å². The molecule has 0 aliphatic heterocycles. The first-order valence-corrected chi connectivity index (χ1v) is 8.19. The maximum atomic E-state index is 5.63. The Morgan fingerprint density at radius 2 is 2.00 bits per heavy atom. The fourth-order valence-corrected chi connectivity index (χ4v) is 5.85. The highest BCUT2D eigenvalue weighted by Gasteiger charge is 2.46. The molecule has 3 unspecified atom stereocenters. The molecule has 0 aromatic heterocycles. The Hall–Kier alpha value is -0.223. The summed E-state index contributed by atoms with van der Waals surface area (Å²) in [6.07, 6.45) is 11.6. The van der Waals surface area contributed by atoms with Gasteiger partial charge in [-0.1, -0.05) is 25.9 Å². The van der Waals surface area contributed by atoms with E-state index in [1.807, 2.05) is 0 Å². The quantitative estimate of drug-likeness (QED) is 0.427. The highest BCUT2D eigenvalue weighted by molar-refractivity contribution is 6.86. The van der Waals surface area contributed by atoms with Crippen molar-refractivity contribution in [3.63, 3.8) is 0 Å². The molecule has 0 aromatic rings. The van der Waals surface area contributed by atoms with Crippen LogP contribution in [-0.4, -0.2) is 8.07 Å².